The van der Waals surface area contributed by atoms with Crippen molar-refractivity contribution in [1.29, 1.82) is 0 Å². The van der Waals surface area contributed by atoms with E-state index in [4.69, 9.17) is 23.2 Å². The van der Waals surface area contributed by atoms with Crippen LogP contribution in [-0.2, 0) is 0 Å². The number of nitrogens with zero attached hydrogens (tertiary/aromatic N) is 1. The van der Waals surface area contributed by atoms with Crippen LogP contribution < -0.4 is 0 Å². The fraction of sp³-hybridized carbons (Fsp3) is 0.571. The van der Waals surface area contributed by atoms with Crippen molar-refractivity contribution >= 4 is 23.2 Å². The zero-order valence-electron chi connectivity index (χ0n) is 11.1. The normalized spacial score (nSPS) is 20.1. The van der Waals surface area contributed by atoms with Gasteiger partial charge in [0.15, 0.2) is 0 Å². The van der Waals surface area contributed by atoms with Crippen molar-refractivity contribution in [2.24, 2.45) is 5.92 Å². The molecular weight excluding hydrogens is 310 g/mol. The van der Waals surface area contributed by atoms with Gasteiger partial charge in [-0.15, -0.1) is 0 Å². The first-order chi connectivity index (χ1) is 9.27. The van der Waals surface area contributed by atoms with Crippen LogP contribution >= 0.6 is 23.2 Å². The molecule has 1 heterocycles. The van der Waals surface area contributed by atoms with Gasteiger partial charge in [0, 0.05) is 10.0 Å². The van der Waals surface area contributed by atoms with Gasteiger partial charge in [0.05, 0.1) is 0 Å². The molecule has 0 radical (unpaired) electrons. The lowest BCUT2D eigenvalue weighted by Gasteiger charge is -2.37. The molecule has 0 bridgehead atoms. The minimum absolute atomic E-state index is 0.115. The highest BCUT2D eigenvalue weighted by molar-refractivity contribution is 6.34. The molecule has 1 aromatic rings. The summed E-state index contributed by atoms with van der Waals surface area (Å²) >= 11 is 11.7. The molecule has 1 nitrogen and oxygen atoms in total. The topological polar surface area (TPSA) is 3.24 Å². The molecule has 1 unspecified atom stereocenters. The van der Waals surface area contributed by atoms with Crippen LogP contribution in [0.5, 0.6) is 0 Å². The van der Waals surface area contributed by atoms with Crippen molar-refractivity contribution in [3.63, 3.8) is 0 Å². The van der Waals surface area contributed by atoms with Crippen LogP contribution in [-0.4, -0.2) is 24.2 Å². The number of hydrogen-bond acceptors (Lipinski definition) is 1. The van der Waals surface area contributed by atoms with Crippen LogP contribution in [0.25, 0.3) is 0 Å². The Morgan fingerprint density at radius 2 is 1.60 bits per heavy atom. The van der Waals surface area contributed by atoms with Crippen LogP contribution in [0.1, 0.15) is 31.4 Å². The maximum atomic E-state index is 13.4. The number of likely N-dealkylation sites (tertiary alicyclic amines) is 1. The summed E-state index contributed by atoms with van der Waals surface area (Å²) < 4.78 is 40.3. The molecule has 1 aliphatic heterocycles. The lowest BCUT2D eigenvalue weighted by molar-refractivity contribution is -0.189. The maximum Gasteiger partial charge on any atom is 0.408 e. The van der Waals surface area contributed by atoms with Crippen LogP contribution in [0.2, 0.25) is 10.0 Å². The number of hydrogen-bond donors (Lipinski definition) is 0. The lowest BCUT2D eigenvalue weighted by atomic mass is 9.95. The second-order valence-electron chi connectivity index (χ2n) is 5.37. The molecule has 1 fully saturated rings. The SMILES string of the molecule is CC1CCN(C(c2cc(Cl)cc(Cl)c2)C(F)(F)F)CC1. The summed E-state index contributed by atoms with van der Waals surface area (Å²) in [4.78, 5) is 1.47. The monoisotopic (exact) mass is 325 g/mol. The van der Waals surface area contributed by atoms with E-state index in [0.29, 0.717) is 19.0 Å². The number of alkyl halides is 3. The second kappa shape index (κ2) is 6.12. The Kier molecular flexibility index (Phi) is 4.88. The predicted molar refractivity (Wildman–Crippen MR) is 75.2 cm³/mol. The Bertz CT molecular complexity index is 448. The van der Waals surface area contributed by atoms with Gasteiger partial charge in [-0.2, -0.15) is 13.2 Å². The second-order valence-corrected chi connectivity index (χ2v) is 6.24. The largest absolute Gasteiger partial charge is 0.408 e. The summed E-state index contributed by atoms with van der Waals surface area (Å²) in [5, 5.41) is 0.458. The summed E-state index contributed by atoms with van der Waals surface area (Å²) in [6, 6.07) is 2.51. The van der Waals surface area contributed by atoms with E-state index in [1.807, 2.05) is 0 Å². The molecule has 20 heavy (non-hydrogen) atoms. The van der Waals surface area contributed by atoms with Gasteiger partial charge in [0.1, 0.15) is 6.04 Å². The zero-order chi connectivity index (χ0) is 14.9. The molecule has 1 aliphatic rings. The van der Waals surface area contributed by atoms with Crippen LogP contribution in [0, 0.1) is 5.92 Å². The van der Waals surface area contributed by atoms with Gasteiger partial charge in [-0.05, 0) is 55.6 Å². The average Bonchev–Trinajstić information content (AvgIpc) is 2.29. The third-order valence-corrected chi connectivity index (χ3v) is 4.13. The lowest BCUT2D eigenvalue weighted by Crippen LogP contribution is -2.42. The standard InChI is InChI=1S/C14H16Cl2F3N/c1-9-2-4-20(5-3-9)13(14(17,18)19)10-6-11(15)8-12(16)7-10/h6-9,13H,2-5H2,1H3. The number of halogens is 5. The number of piperidine rings is 1. The predicted octanol–water partition coefficient (Wildman–Crippen LogP) is 5.33. The minimum Gasteiger partial charge on any atom is -0.289 e. The molecule has 1 aromatic carbocycles. The summed E-state index contributed by atoms with van der Waals surface area (Å²) in [5.41, 5.74) is 0.115. The van der Waals surface area contributed by atoms with Crippen LogP contribution in [0.3, 0.4) is 0 Å². The van der Waals surface area contributed by atoms with E-state index >= 15 is 0 Å². The van der Waals surface area contributed by atoms with E-state index < -0.39 is 12.2 Å². The smallest absolute Gasteiger partial charge is 0.289 e. The van der Waals surface area contributed by atoms with Gasteiger partial charge < -0.3 is 0 Å². The molecule has 0 amide bonds. The number of benzene rings is 1. The molecule has 112 valence electrons. The summed E-state index contributed by atoms with van der Waals surface area (Å²) in [6.07, 6.45) is -2.78. The Morgan fingerprint density at radius 3 is 2.05 bits per heavy atom. The summed E-state index contributed by atoms with van der Waals surface area (Å²) in [7, 11) is 0. The Morgan fingerprint density at radius 1 is 1.10 bits per heavy atom. The number of rotatable bonds is 2. The van der Waals surface area contributed by atoms with Crippen molar-refractivity contribution in [3.05, 3.63) is 33.8 Å². The van der Waals surface area contributed by atoms with Gasteiger partial charge in [0.25, 0.3) is 0 Å². The first-order valence-corrected chi connectivity index (χ1v) is 7.29. The van der Waals surface area contributed by atoms with Gasteiger partial charge in [0.2, 0.25) is 0 Å². The third kappa shape index (κ3) is 3.80. The highest BCUT2D eigenvalue weighted by Crippen LogP contribution is 2.41. The van der Waals surface area contributed by atoms with E-state index in [0.717, 1.165) is 12.8 Å². The van der Waals surface area contributed by atoms with E-state index in [1.165, 1.54) is 23.1 Å². The summed E-state index contributed by atoms with van der Waals surface area (Å²) in [6.45, 7) is 2.95. The van der Waals surface area contributed by atoms with Gasteiger partial charge in [-0.25, -0.2) is 0 Å². The van der Waals surface area contributed by atoms with Crippen LogP contribution in [0.15, 0.2) is 18.2 Å². The molecule has 0 aromatic heterocycles. The van der Waals surface area contributed by atoms with E-state index in [1.54, 1.807) is 0 Å². The quantitative estimate of drug-likeness (QED) is 0.710. The Balaban J connectivity index is 2.32. The van der Waals surface area contributed by atoms with E-state index in [2.05, 4.69) is 6.92 Å². The van der Waals surface area contributed by atoms with Gasteiger partial charge in [-0.1, -0.05) is 30.1 Å². The molecule has 0 N–H and O–H groups in total. The van der Waals surface area contributed by atoms with Crippen molar-refractivity contribution in [1.82, 2.24) is 4.90 Å². The molecule has 0 saturated carbocycles. The van der Waals surface area contributed by atoms with E-state index in [-0.39, 0.29) is 15.6 Å². The fourth-order valence-corrected chi connectivity index (χ4v) is 3.17. The van der Waals surface area contributed by atoms with E-state index in [9.17, 15) is 13.2 Å². The van der Waals surface area contributed by atoms with Gasteiger partial charge in [-0.3, -0.25) is 4.90 Å². The Labute approximate surface area is 126 Å². The first-order valence-electron chi connectivity index (χ1n) is 6.54. The van der Waals surface area contributed by atoms with Crippen molar-refractivity contribution < 1.29 is 13.2 Å². The van der Waals surface area contributed by atoms with Crippen molar-refractivity contribution in [2.75, 3.05) is 13.1 Å². The molecule has 0 aliphatic carbocycles. The first kappa shape index (κ1) is 15.9. The van der Waals surface area contributed by atoms with Crippen molar-refractivity contribution in [2.45, 2.75) is 32.0 Å². The van der Waals surface area contributed by atoms with Crippen LogP contribution in [0.4, 0.5) is 13.2 Å². The highest BCUT2D eigenvalue weighted by atomic mass is 35.5. The zero-order valence-corrected chi connectivity index (χ0v) is 12.6. The molecule has 1 saturated heterocycles. The molecule has 2 rings (SSSR count). The van der Waals surface area contributed by atoms with Crippen molar-refractivity contribution in [3.8, 4) is 0 Å². The highest BCUT2D eigenvalue weighted by Gasteiger charge is 2.45. The molecule has 6 heteroatoms. The summed E-state index contributed by atoms with van der Waals surface area (Å²) in [5.74, 6) is 0.475. The fourth-order valence-electron chi connectivity index (χ4n) is 2.63. The molecule has 1 atom stereocenters. The molecular formula is C14H16Cl2F3N. The molecule has 0 spiro atoms. The van der Waals surface area contributed by atoms with Gasteiger partial charge >= 0.3 is 6.18 Å². The minimum atomic E-state index is -4.34. The third-order valence-electron chi connectivity index (χ3n) is 3.69. The maximum absolute atomic E-state index is 13.4. The average molecular weight is 326 g/mol. The Hall–Kier alpha value is -0.450.